The molecule has 140 valence electrons. The minimum absolute atomic E-state index is 0.0761. The van der Waals surface area contributed by atoms with Crippen molar-refractivity contribution in [1.29, 1.82) is 5.26 Å². The van der Waals surface area contributed by atoms with Gasteiger partial charge >= 0.3 is 0 Å². The molecule has 0 saturated heterocycles. The number of hydrogen-bond acceptors (Lipinski definition) is 6. The summed E-state index contributed by atoms with van der Waals surface area (Å²) in [6, 6.07) is 14.6. The molecule has 0 aliphatic rings. The molecular formula is C19H16N6O3. The molecule has 3 aromatic rings. The second-order valence-corrected chi connectivity index (χ2v) is 6.14. The van der Waals surface area contributed by atoms with Crippen LogP contribution in [0.4, 0.5) is 5.69 Å². The molecule has 2 aromatic carbocycles. The van der Waals surface area contributed by atoms with E-state index in [1.165, 1.54) is 16.8 Å². The third-order valence-corrected chi connectivity index (χ3v) is 4.28. The van der Waals surface area contributed by atoms with E-state index < -0.39 is 10.8 Å². The van der Waals surface area contributed by atoms with Gasteiger partial charge in [0.1, 0.15) is 0 Å². The Kier molecular flexibility index (Phi) is 5.13. The first kappa shape index (κ1) is 18.7. The molecule has 3 rings (SSSR count). The smallest absolute Gasteiger partial charge is 0.274 e. The van der Waals surface area contributed by atoms with Crippen LogP contribution in [0.15, 0.2) is 48.5 Å². The first-order chi connectivity index (χ1) is 13.4. The van der Waals surface area contributed by atoms with Crippen LogP contribution in [0.5, 0.6) is 0 Å². The highest BCUT2D eigenvalue weighted by molar-refractivity contribution is 5.93. The lowest BCUT2D eigenvalue weighted by Crippen LogP contribution is -2.27. The van der Waals surface area contributed by atoms with Gasteiger partial charge in [0.2, 0.25) is 0 Å². The number of nitriles is 1. The van der Waals surface area contributed by atoms with Gasteiger partial charge in [-0.25, -0.2) is 4.68 Å². The molecule has 0 spiro atoms. The van der Waals surface area contributed by atoms with E-state index in [1.54, 1.807) is 43.3 Å². The number of nitro benzene ring substituents is 1. The van der Waals surface area contributed by atoms with Crippen molar-refractivity contribution in [3.63, 3.8) is 0 Å². The highest BCUT2D eigenvalue weighted by atomic mass is 16.6. The van der Waals surface area contributed by atoms with Crippen molar-refractivity contribution in [1.82, 2.24) is 20.3 Å². The molecule has 1 heterocycles. The normalized spacial score (nSPS) is 11.5. The number of non-ortho nitro benzene ring substituents is 1. The van der Waals surface area contributed by atoms with Gasteiger partial charge in [-0.1, -0.05) is 23.4 Å². The predicted octanol–water partition coefficient (Wildman–Crippen LogP) is 2.85. The molecule has 0 aliphatic carbocycles. The van der Waals surface area contributed by atoms with Crippen molar-refractivity contribution in [3.05, 3.63) is 81.2 Å². The second-order valence-electron chi connectivity index (χ2n) is 6.14. The van der Waals surface area contributed by atoms with Gasteiger partial charge in [0.15, 0.2) is 5.69 Å². The topological polar surface area (TPSA) is 127 Å². The zero-order valence-electron chi connectivity index (χ0n) is 15.2. The van der Waals surface area contributed by atoms with E-state index in [2.05, 4.69) is 15.6 Å². The number of nitrogens with one attached hydrogen (secondary N) is 1. The lowest BCUT2D eigenvalue weighted by atomic mass is 10.1. The summed E-state index contributed by atoms with van der Waals surface area (Å²) in [6.07, 6.45) is 0. The molecule has 0 saturated carbocycles. The number of carbonyl (C=O) groups is 1. The van der Waals surface area contributed by atoms with Gasteiger partial charge in [0.05, 0.1) is 34.0 Å². The van der Waals surface area contributed by atoms with E-state index in [4.69, 9.17) is 5.26 Å². The highest BCUT2D eigenvalue weighted by Crippen LogP contribution is 2.19. The van der Waals surface area contributed by atoms with Gasteiger partial charge < -0.3 is 5.32 Å². The number of nitro groups is 1. The molecule has 9 heteroatoms. The van der Waals surface area contributed by atoms with Gasteiger partial charge in [0.25, 0.3) is 11.6 Å². The summed E-state index contributed by atoms with van der Waals surface area (Å²) in [5.41, 5.74) is 2.34. The third kappa shape index (κ3) is 3.71. The molecule has 1 N–H and O–H groups in total. The molecule has 1 aromatic heterocycles. The Bertz CT molecular complexity index is 1080. The molecule has 0 bridgehead atoms. The fraction of sp³-hybridized carbons (Fsp3) is 0.158. The quantitative estimate of drug-likeness (QED) is 0.539. The summed E-state index contributed by atoms with van der Waals surface area (Å²) >= 11 is 0. The summed E-state index contributed by atoms with van der Waals surface area (Å²) in [5.74, 6) is -0.411. The lowest BCUT2D eigenvalue weighted by molar-refractivity contribution is -0.384. The molecule has 28 heavy (non-hydrogen) atoms. The largest absolute Gasteiger partial charge is 0.344 e. The van der Waals surface area contributed by atoms with E-state index in [-0.39, 0.29) is 17.4 Å². The zero-order chi connectivity index (χ0) is 20.3. The zero-order valence-corrected chi connectivity index (χ0v) is 15.2. The van der Waals surface area contributed by atoms with Crippen molar-refractivity contribution in [3.8, 4) is 11.8 Å². The van der Waals surface area contributed by atoms with Gasteiger partial charge in [0, 0.05) is 12.1 Å². The van der Waals surface area contributed by atoms with Gasteiger partial charge in [-0.15, -0.1) is 5.10 Å². The van der Waals surface area contributed by atoms with E-state index in [1.807, 2.05) is 13.0 Å². The van der Waals surface area contributed by atoms with Crippen molar-refractivity contribution in [2.45, 2.75) is 19.9 Å². The molecule has 1 amide bonds. The summed E-state index contributed by atoms with van der Waals surface area (Å²) in [4.78, 5) is 23.1. The van der Waals surface area contributed by atoms with Crippen LogP contribution in [-0.2, 0) is 0 Å². The fourth-order valence-electron chi connectivity index (χ4n) is 2.72. The fourth-order valence-corrected chi connectivity index (χ4v) is 2.72. The molecule has 1 unspecified atom stereocenters. The monoisotopic (exact) mass is 376 g/mol. The van der Waals surface area contributed by atoms with Crippen LogP contribution in [0, 0.1) is 28.4 Å². The second kappa shape index (κ2) is 7.67. The molecular weight excluding hydrogens is 360 g/mol. The third-order valence-electron chi connectivity index (χ3n) is 4.28. The van der Waals surface area contributed by atoms with Gasteiger partial charge in [-0.2, -0.15) is 5.26 Å². The van der Waals surface area contributed by atoms with Crippen molar-refractivity contribution < 1.29 is 9.72 Å². The number of aromatic nitrogens is 3. The molecule has 0 radical (unpaired) electrons. The van der Waals surface area contributed by atoms with E-state index in [0.29, 0.717) is 16.9 Å². The van der Waals surface area contributed by atoms with Crippen LogP contribution in [0.3, 0.4) is 0 Å². The minimum atomic E-state index is -0.497. The first-order valence-electron chi connectivity index (χ1n) is 8.38. The molecule has 9 nitrogen and oxygen atoms in total. The van der Waals surface area contributed by atoms with E-state index in [0.717, 1.165) is 5.56 Å². The van der Waals surface area contributed by atoms with Crippen LogP contribution in [0.25, 0.3) is 5.69 Å². The Morgan fingerprint density at radius 3 is 2.64 bits per heavy atom. The summed E-state index contributed by atoms with van der Waals surface area (Å²) in [6.45, 7) is 3.49. The molecule has 0 fully saturated rings. The SMILES string of the molecule is Cc1c(C(=O)NC(C)c2ccc(C#N)cc2)nnn1-c1cccc([N+](=O)[O-])c1. The maximum absolute atomic E-state index is 12.6. The Balaban J connectivity index is 1.81. The van der Waals surface area contributed by atoms with Crippen LogP contribution < -0.4 is 5.32 Å². The number of amides is 1. The van der Waals surface area contributed by atoms with E-state index >= 15 is 0 Å². The van der Waals surface area contributed by atoms with Crippen LogP contribution in [-0.4, -0.2) is 25.8 Å². The standard InChI is InChI=1S/C19H16N6O3/c1-12(15-8-6-14(11-20)7-9-15)21-19(26)18-13(2)24(23-22-18)16-4-3-5-17(10-16)25(27)28/h3-10,12H,1-2H3,(H,21,26). The summed E-state index contributed by atoms with van der Waals surface area (Å²) in [7, 11) is 0. The van der Waals surface area contributed by atoms with Crippen molar-refractivity contribution in [2.75, 3.05) is 0 Å². The average Bonchev–Trinajstić information content (AvgIpc) is 3.09. The number of nitrogens with zero attached hydrogens (tertiary/aromatic N) is 5. The van der Waals surface area contributed by atoms with Gasteiger partial charge in [-0.05, 0) is 37.6 Å². The molecule has 1 atom stereocenters. The Hall–Kier alpha value is -4.06. The number of hydrogen-bond donors (Lipinski definition) is 1. The first-order valence-corrected chi connectivity index (χ1v) is 8.38. The number of carbonyl (C=O) groups excluding carboxylic acids is 1. The van der Waals surface area contributed by atoms with Crippen molar-refractivity contribution in [2.24, 2.45) is 0 Å². The maximum atomic E-state index is 12.6. The average molecular weight is 376 g/mol. The van der Waals surface area contributed by atoms with Gasteiger partial charge in [-0.3, -0.25) is 14.9 Å². The highest BCUT2D eigenvalue weighted by Gasteiger charge is 2.20. The Labute approximate surface area is 160 Å². The van der Waals surface area contributed by atoms with Crippen LogP contribution >= 0.6 is 0 Å². The predicted molar refractivity (Wildman–Crippen MR) is 99.8 cm³/mol. The Morgan fingerprint density at radius 1 is 1.29 bits per heavy atom. The van der Waals surface area contributed by atoms with Crippen molar-refractivity contribution >= 4 is 11.6 Å². The maximum Gasteiger partial charge on any atom is 0.274 e. The number of benzene rings is 2. The lowest BCUT2D eigenvalue weighted by Gasteiger charge is -2.13. The minimum Gasteiger partial charge on any atom is -0.344 e. The van der Waals surface area contributed by atoms with E-state index in [9.17, 15) is 14.9 Å². The summed E-state index contributed by atoms with van der Waals surface area (Å²) in [5, 5.41) is 30.5. The Morgan fingerprint density at radius 2 is 2.00 bits per heavy atom. The van der Waals surface area contributed by atoms with Crippen LogP contribution in [0.1, 0.15) is 40.3 Å². The van der Waals surface area contributed by atoms with Crippen LogP contribution in [0.2, 0.25) is 0 Å². The number of rotatable bonds is 5. The summed E-state index contributed by atoms with van der Waals surface area (Å²) < 4.78 is 1.38. The molecule has 0 aliphatic heterocycles.